The third-order valence-corrected chi connectivity index (χ3v) is 4.68. The lowest BCUT2D eigenvalue weighted by atomic mass is 9.98. The predicted octanol–water partition coefficient (Wildman–Crippen LogP) is 3.64. The molecule has 28 heavy (non-hydrogen) atoms. The Morgan fingerprint density at radius 2 is 2.21 bits per heavy atom. The van der Waals surface area contributed by atoms with Crippen molar-refractivity contribution in [3.05, 3.63) is 47.8 Å². The highest BCUT2D eigenvalue weighted by atomic mass is 19.1. The number of aryl methyl sites for hydroxylation is 1. The van der Waals surface area contributed by atoms with E-state index in [0.29, 0.717) is 44.9 Å². The molecule has 5 heterocycles. The van der Waals surface area contributed by atoms with Crippen LogP contribution in [0, 0.1) is 12.7 Å². The van der Waals surface area contributed by atoms with Crippen LogP contribution in [0.15, 0.2) is 30.6 Å². The Hall–Kier alpha value is -3.13. The van der Waals surface area contributed by atoms with Crippen LogP contribution in [-0.4, -0.2) is 35.5 Å². The maximum atomic E-state index is 13.6. The van der Waals surface area contributed by atoms with Gasteiger partial charge in [-0.3, -0.25) is 14.8 Å². The molecule has 0 aliphatic carbocycles. The zero-order valence-corrected chi connectivity index (χ0v) is 14.8. The summed E-state index contributed by atoms with van der Waals surface area (Å²) in [5, 5.41) is 12.1. The Bertz CT molecular complexity index is 1380. The van der Waals surface area contributed by atoms with Crippen molar-refractivity contribution in [2.24, 2.45) is 0 Å². The van der Waals surface area contributed by atoms with E-state index in [-0.39, 0.29) is 6.61 Å². The van der Waals surface area contributed by atoms with Gasteiger partial charge in [0.15, 0.2) is 5.65 Å². The molecule has 142 valence electrons. The van der Waals surface area contributed by atoms with E-state index in [9.17, 15) is 4.39 Å². The summed E-state index contributed by atoms with van der Waals surface area (Å²) in [4.78, 5) is 8.58. The maximum Gasteiger partial charge on any atom is 0.155 e. The van der Waals surface area contributed by atoms with Gasteiger partial charge in [-0.2, -0.15) is 10.2 Å². The number of aromatic nitrogens is 6. The fourth-order valence-electron chi connectivity index (χ4n) is 3.46. The topological polar surface area (TPSA) is 81.5 Å². The van der Waals surface area contributed by atoms with Gasteiger partial charge in [-0.15, -0.1) is 0 Å². The summed E-state index contributed by atoms with van der Waals surface area (Å²) in [6.07, 6.45) is 2.65. The van der Waals surface area contributed by atoms with Crippen molar-refractivity contribution < 1.29 is 17.4 Å². The second-order valence-corrected chi connectivity index (χ2v) is 6.75. The lowest BCUT2D eigenvalue weighted by Gasteiger charge is -2.31. The van der Waals surface area contributed by atoms with Gasteiger partial charge in [-0.05, 0) is 38.8 Å². The molecule has 7 nitrogen and oxygen atoms in total. The van der Waals surface area contributed by atoms with Crippen LogP contribution in [0.3, 0.4) is 0 Å². The first kappa shape index (κ1) is 11.7. The predicted molar refractivity (Wildman–Crippen MR) is 102 cm³/mol. The van der Waals surface area contributed by atoms with Gasteiger partial charge in [0.2, 0.25) is 0 Å². The first-order valence-corrected chi connectivity index (χ1v) is 8.58. The van der Waals surface area contributed by atoms with Crippen LogP contribution < -0.4 is 0 Å². The number of H-pyrrole nitrogens is 1. The zero-order chi connectivity index (χ0) is 24.5. The number of halogens is 1. The van der Waals surface area contributed by atoms with Crippen molar-refractivity contribution in [3.63, 3.8) is 0 Å². The molecule has 0 atom stereocenters. The van der Waals surface area contributed by atoms with Crippen molar-refractivity contribution in [3.8, 4) is 22.5 Å². The zero-order valence-electron chi connectivity index (χ0n) is 20.8. The van der Waals surface area contributed by atoms with Crippen molar-refractivity contribution in [2.45, 2.75) is 39.4 Å². The second-order valence-electron chi connectivity index (χ2n) is 6.75. The van der Waals surface area contributed by atoms with E-state index in [1.165, 1.54) is 16.8 Å². The van der Waals surface area contributed by atoms with Crippen LogP contribution in [0.5, 0.6) is 0 Å². The summed E-state index contributed by atoms with van der Waals surface area (Å²) in [7, 11) is 0. The van der Waals surface area contributed by atoms with Crippen LogP contribution in [0.4, 0.5) is 4.39 Å². The highest BCUT2D eigenvalue weighted by molar-refractivity contribution is 5.97. The van der Waals surface area contributed by atoms with Crippen LogP contribution >= 0.6 is 0 Å². The summed E-state index contributed by atoms with van der Waals surface area (Å²) >= 11 is 0. The molecule has 0 radical (unpaired) electrons. The fourth-order valence-corrected chi connectivity index (χ4v) is 3.46. The number of rotatable bonds is 2. The van der Waals surface area contributed by atoms with Crippen molar-refractivity contribution >= 4 is 11.0 Å². The van der Waals surface area contributed by atoms with Crippen molar-refractivity contribution in [2.75, 3.05) is 0 Å². The number of pyridine rings is 2. The van der Waals surface area contributed by atoms with Gasteiger partial charge in [0.1, 0.15) is 11.5 Å². The van der Waals surface area contributed by atoms with Gasteiger partial charge >= 0.3 is 0 Å². The first-order valence-electron chi connectivity index (χ1n) is 11.6. The third-order valence-electron chi connectivity index (χ3n) is 4.68. The normalized spacial score (nSPS) is 19.8. The second kappa shape index (κ2) is 5.93. The molecular formula is C20H19FN6O. The molecule has 1 aliphatic heterocycles. The number of fused-ring (bicyclic) bond motifs is 2. The van der Waals surface area contributed by atoms with Crippen molar-refractivity contribution in [1.82, 2.24) is 29.9 Å². The molecule has 0 aromatic carbocycles. The molecule has 0 bridgehead atoms. The fraction of sp³-hybridized carbons (Fsp3) is 0.300. The Balaban J connectivity index is 1.79. The van der Waals surface area contributed by atoms with E-state index in [2.05, 4.69) is 25.3 Å². The van der Waals surface area contributed by atoms with E-state index < -0.39 is 31.7 Å². The number of hydrogen-bond acceptors (Lipinski definition) is 5. The van der Waals surface area contributed by atoms with E-state index >= 15 is 0 Å². The molecular weight excluding hydrogens is 359 g/mol. The largest absolute Gasteiger partial charge is 0.367 e. The Kier molecular flexibility index (Phi) is 2.47. The van der Waals surface area contributed by atoms with E-state index in [1.807, 2.05) is 6.07 Å². The molecule has 5 rings (SSSR count). The monoisotopic (exact) mass is 384 g/mol. The summed E-state index contributed by atoms with van der Waals surface area (Å²) in [5.74, 6) is -0.529. The third kappa shape index (κ3) is 2.68. The Morgan fingerprint density at radius 3 is 3.00 bits per heavy atom. The Labute approximate surface area is 169 Å². The average molecular weight is 384 g/mol. The molecule has 0 amide bonds. The molecule has 4 aromatic rings. The molecule has 1 N–H and O–H groups in total. The number of ether oxygens (including phenoxy) is 1. The quantitative estimate of drug-likeness (QED) is 0.571. The average Bonchev–Trinajstić information content (AvgIpc) is 3.35. The molecule has 0 unspecified atom stereocenters. The molecule has 0 saturated carbocycles. The molecule has 0 fully saturated rings. The van der Waals surface area contributed by atoms with E-state index in [1.54, 1.807) is 13.1 Å². The SMILES string of the molecule is [2H]C([2H])([2H])C1(C([2H])([2H])[2H])Cn2nc(-c3ccc(F)cn3)c(-c3cc(C)nc4[nH]ncc34)c2CO1. The highest BCUT2D eigenvalue weighted by Crippen LogP contribution is 2.40. The Morgan fingerprint density at radius 1 is 1.32 bits per heavy atom. The lowest BCUT2D eigenvalue weighted by Crippen LogP contribution is -2.36. The van der Waals surface area contributed by atoms with Gasteiger partial charge in [-0.1, -0.05) is 0 Å². The van der Waals surface area contributed by atoms with Gasteiger partial charge in [0.05, 0.1) is 42.5 Å². The standard InChI is InChI=1S/C20H19FN6O/c1-11-6-13(14-8-23-25-19(14)24-11)17-16-9-28-20(2,3)10-27(16)26-18(17)15-5-4-12(21)7-22-15/h4-8H,9-10H2,1-3H3,(H,23,24,25)/i2D3,3D3. The first-order chi connectivity index (χ1) is 15.9. The van der Waals surface area contributed by atoms with E-state index in [4.69, 9.17) is 13.0 Å². The molecule has 4 aromatic heterocycles. The minimum Gasteiger partial charge on any atom is -0.367 e. The molecule has 1 aliphatic rings. The van der Waals surface area contributed by atoms with Crippen LogP contribution in [0.1, 0.15) is 33.3 Å². The van der Waals surface area contributed by atoms with Gasteiger partial charge in [0.25, 0.3) is 0 Å². The summed E-state index contributed by atoms with van der Waals surface area (Å²) < 4.78 is 68.2. The number of aromatic amines is 1. The summed E-state index contributed by atoms with van der Waals surface area (Å²) in [6, 6.07) is 4.51. The molecule has 8 heteroatoms. The van der Waals surface area contributed by atoms with Gasteiger partial charge in [0, 0.05) is 30.4 Å². The number of nitrogens with one attached hydrogen (secondary N) is 1. The molecule has 0 spiro atoms. The smallest absolute Gasteiger partial charge is 0.155 e. The number of hydrogen-bond donors (Lipinski definition) is 1. The maximum absolute atomic E-state index is 13.6. The minimum atomic E-state index is -2.94. The lowest BCUT2D eigenvalue weighted by molar-refractivity contribution is -0.0657. The highest BCUT2D eigenvalue weighted by Gasteiger charge is 2.32. The minimum absolute atomic E-state index is 0.318. The van der Waals surface area contributed by atoms with Crippen molar-refractivity contribution in [1.29, 1.82) is 0 Å². The van der Waals surface area contributed by atoms with Crippen LogP contribution in [-0.2, 0) is 17.9 Å². The van der Waals surface area contributed by atoms with Crippen LogP contribution in [0.25, 0.3) is 33.5 Å². The summed E-state index contributed by atoms with van der Waals surface area (Å²) in [6.45, 7) is -4.92. The van der Waals surface area contributed by atoms with E-state index in [0.717, 1.165) is 6.20 Å². The van der Waals surface area contributed by atoms with Gasteiger partial charge < -0.3 is 4.74 Å². The number of nitrogens with zero attached hydrogens (tertiary/aromatic N) is 5. The molecule has 0 saturated heterocycles. The van der Waals surface area contributed by atoms with Crippen LogP contribution in [0.2, 0.25) is 0 Å². The van der Waals surface area contributed by atoms with Gasteiger partial charge in [-0.25, -0.2) is 9.37 Å². The summed E-state index contributed by atoms with van der Waals surface area (Å²) in [5.41, 5.74) is 1.14.